The molecule has 2 heteroatoms. The number of amides is 1. The molecule has 0 unspecified atom stereocenters. The summed E-state index contributed by atoms with van der Waals surface area (Å²) in [7, 11) is 1.75. The van der Waals surface area contributed by atoms with Gasteiger partial charge in [0.15, 0.2) is 0 Å². The molecule has 0 rings (SSSR count). The lowest BCUT2D eigenvalue weighted by molar-refractivity contribution is 0.320. The molecule has 0 atom stereocenters. The summed E-state index contributed by atoms with van der Waals surface area (Å²) >= 11 is 0. The fraction of sp³-hybridized carbons (Fsp3) is 0.875. The van der Waals surface area contributed by atoms with Gasteiger partial charge in [-0.25, -0.2) is 0 Å². The standard InChI is InChI=1S/C8H16NO/c1-8(2,3)5-6-9(4)7-10/h5-6H2,1-4H3. The summed E-state index contributed by atoms with van der Waals surface area (Å²) < 4.78 is 0. The van der Waals surface area contributed by atoms with Crippen molar-refractivity contribution in [3.63, 3.8) is 0 Å². The predicted molar refractivity (Wildman–Crippen MR) is 42.4 cm³/mol. The van der Waals surface area contributed by atoms with Gasteiger partial charge < -0.3 is 4.90 Å². The van der Waals surface area contributed by atoms with Crippen LogP contribution < -0.4 is 0 Å². The number of hydrogen-bond acceptors (Lipinski definition) is 1. The summed E-state index contributed by atoms with van der Waals surface area (Å²) in [4.78, 5) is 11.6. The lowest BCUT2D eigenvalue weighted by Crippen LogP contribution is -2.21. The van der Waals surface area contributed by atoms with Crippen LogP contribution in [0.1, 0.15) is 27.2 Å². The first-order chi connectivity index (χ1) is 4.45. The predicted octanol–water partition coefficient (Wildman–Crippen LogP) is 1.42. The zero-order chi connectivity index (χ0) is 8.20. The van der Waals surface area contributed by atoms with Crippen LogP contribution in [0.15, 0.2) is 0 Å². The molecule has 0 N–H and O–H groups in total. The summed E-state index contributed by atoms with van der Waals surface area (Å²) in [5, 5.41) is 0. The van der Waals surface area contributed by atoms with Crippen molar-refractivity contribution >= 4 is 6.41 Å². The van der Waals surface area contributed by atoms with Crippen molar-refractivity contribution in [1.29, 1.82) is 0 Å². The van der Waals surface area contributed by atoms with Gasteiger partial charge in [-0.1, -0.05) is 20.8 Å². The molecule has 0 fully saturated rings. The minimum absolute atomic E-state index is 0.311. The molecule has 0 aliphatic carbocycles. The van der Waals surface area contributed by atoms with Crippen molar-refractivity contribution in [3.8, 4) is 0 Å². The minimum Gasteiger partial charge on any atom is -0.337 e. The van der Waals surface area contributed by atoms with Crippen molar-refractivity contribution in [2.24, 2.45) is 5.41 Å². The van der Waals surface area contributed by atoms with E-state index in [1.165, 1.54) is 0 Å². The molecule has 0 heterocycles. The summed E-state index contributed by atoms with van der Waals surface area (Å²) in [6.07, 6.45) is 2.85. The molecule has 0 aromatic carbocycles. The highest BCUT2D eigenvalue weighted by atomic mass is 16.1. The molecule has 1 radical (unpaired) electrons. The third kappa shape index (κ3) is 5.60. The largest absolute Gasteiger partial charge is 0.337 e. The highest BCUT2D eigenvalue weighted by Crippen LogP contribution is 2.17. The van der Waals surface area contributed by atoms with Crippen LogP contribution >= 0.6 is 0 Å². The van der Waals surface area contributed by atoms with E-state index in [1.54, 1.807) is 11.9 Å². The number of hydrogen-bond donors (Lipinski definition) is 0. The van der Waals surface area contributed by atoms with Crippen LogP contribution in [-0.4, -0.2) is 24.9 Å². The number of rotatable bonds is 3. The van der Waals surface area contributed by atoms with Gasteiger partial charge in [-0.15, -0.1) is 0 Å². The lowest BCUT2D eigenvalue weighted by atomic mass is 9.92. The van der Waals surface area contributed by atoms with E-state index < -0.39 is 0 Å². The Hall–Kier alpha value is -0.530. The van der Waals surface area contributed by atoms with Crippen LogP contribution in [0.5, 0.6) is 0 Å². The van der Waals surface area contributed by atoms with Crippen LogP contribution in [0.4, 0.5) is 0 Å². The van der Waals surface area contributed by atoms with Gasteiger partial charge in [0.25, 0.3) is 0 Å². The molecule has 0 aliphatic rings. The topological polar surface area (TPSA) is 20.3 Å². The second-order valence-corrected chi connectivity index (χ2v) is 3.82. The van der Waals surface area contributed by atoms with E-state index in [2.05, 4.69) is 20.8 Å². The summed E-state index contributed by atoms with van der Waals surface area (Å²) in [6, 6.07) is 0. The normalized spacial score (nSPS) is 11.2. The molecule has 0 aromatic heterocycles. The first-order valence-electron chi connectivity index (χ1n) is 3.54. The van der Waals surface area contributed by atoms with Crippen LogP contribution in [-0.2, 0) is 4.79 Å². The zero-order valence-corrected chi connectivity index (χ0v) is 7.27. The van der Waals surface area contributed by atoms with E-state index in [0.29, 0.717) is 5.41 Å². The third-order valence-electron chi connectivity index (χ3n) is 1.35. The first-order valence-corrected chi connectivity index (χ1v) is 3.54. The van der Waals surface area contributed by atoms with Gasteiger partial charge in [0, 0.05) is 13.6 Å². The fourth-order valence-corrected chi connectivity index (χ4v) is 0.549. The van der Waals surface area contributed by atoms with Crippen LogP contribution in [0.3, 0.4) is 0 Å². The summed E-state index contributed by atoms with van der Waals surface area (Å²) in [5.74, 6) is 0. The highest BCUT2D eigenvalue weighted by molar-refractivity contribution is 5.47. The quantitative estimate of drug-likeness (QED) is 0.546. The van der Waals surface area contributed by atoms with Crippen molar-refractivity contribution < 1.29 is 4.79 Å². The van der Waals surface area contributed by atoms with E-state index in [1.807, 2.05) is 6.41 Å². The minimum atomic E-state index is 0.311. The van der Waals surface area contributed by atoms with Gasteiger partial charge in [0.2, 0.25) is 0 Å². The Labute approximate surface area is 63.2 Å². The smallest absolute Gasteiger partial charge is 0.311 e. The maximum absolute atomic E-state index is 10.0. The van der Waals surface area contributed by atoms with E-state index in [4.69, 9.17) is 0 Å². The van der Waals surface area contributed by atoms with E-state index in [0.717, 1.165) is 13.0 Å². The van der Waals surface area contributed by atoms with Gasteiger partial charge in [-0.05, 0) is 11.8 Å². The summed E-state index contributed by atoms with van der Waals surface area (Å²) in [6.45, 7) is 7.27. The van der Waals surface area contributed by atoms with E-state index in [9.17, 15) is 4.79 Å². The van der Waals surface area contributed by atoms with Crippen LogP contribution in [0, 0.1) is 5.41 Å². The highest BCUT2D eigenvalue weighted by Gasteiger charge is 2.10. The van der Waals surface area contributed by atoms with Gasteiger partial charge in [-0.2, -0.15) is 0 Å². The molecule has 0 saturated carbocycles. The Bertz CT molecular complexity index is 104. The Morgan fingerprint density at radius 3 is 2.20 bits per heavy atom. The third-order valence-corrected chi connectivity index (χ3v) is 1.35. The van der Waals surface area contributed by atoms with Gasteiger partial charge in [-0.3, -0.25) is 4.79 Å². The van der Waals surface area contributed by atoms with Crippen molar-refractivity contribution in [2.45, 2.75) is 27.2 Å². The Morgan fingerprint density at radius 2 is 1.90 bits per heavy atom. The first kappa shape index (κ1) is 9.47. The average molecular weight is 142 g/mol. The molecular formula is C8H16NO. The van der Waals surface area contributed by atoms with Crippen LogP contribution in [0.2, 0.25) is 0 Å². The molecule has 0 saturated heterocycles. The van der Waals surface area contributed by atoms with Gasteiger partial charge in [0.1, 0.15) is 0 Å². The summed E-state index contributed by atoms with van der Waals surface area (Å²) in [5.41, 5.74) is 0.311. The maximum Gasteiger partial charge on any atom is 0.311 e. The SMILES string of the molecule is CN([C]=O)CCC(C)(C)C. The molecule has 0 aromatic rings. The van der Waals surface area contributed by atoms with E-state index >= 15 is 0 Å². The number of carbonyl (C=O) groups excluding carboxylic acids is 1. The fourth-order valence-electron chi connectivity index (χ4n) is 0.549. The van der Waals surface area contributed by atoms with Crippen molar-refractivity contribution in [1.82, 2.24) is 4.90 Å². The second-order valence-electron chi connectivity index (χ2n) is 3.82. The monoisotopic (exact) mass is 142 g/mol. The van der Waals surface area contributed by atoms with Crippen molar-refractivity contribution in [2.75, 3.05) is 13.6 Å². The molecule has 0 spiro atoms. The van der Waals surface area contributed by atoms with Gasteiger partial charge in [0.05, 0.1) is 0 Å². The molecule has 10 heavy (non-hydrogen) atoms. The van der Waals surface area contributed by atoms with Crippen LogP contribution in [0.25, 0.3) is 0 Å². The Balaban J connectivity index is 3.45. The zero-order valence-electron chi connectivity index (χ0n) is 7.27. The average Bonchev–Trinajstić information content (AvgIpc) is 1.81. The molecule has 0 bridgehead atoms. The molecule has 0 aliphatic heterocycles. The lowest BCUT2D eigenvalue weighted by Gasteiger charge is -2.20. The molecule has 2 nitrogen and oxygen atoms in total. The van der Waals surface area contributed by atoms with Gasteiger partial charge >= 0.3 is 6.41 Å². The Kier molecular flexibility index (Phi) is 3.40. The molecule has 59 valence electrons. The van der Waals surface area contributed by atoms with E-state index in [-0.39, 0.29) is 0 Å². The second kappa shape index (κ2) is 3.59. The molecular weight excluding hydrogens is 126 g/mol. The maximum atomic E-state index is 10.0. The number of nitrogens with zero attached hydrogens (tertiary/aromatic N) is 1. The van der Waals surface area contributed by atoms with Crippen molar-refractivity contribution in [3.05, 3.63) is 0 Å². The Morgan fingerprint density at radius 1 is 1.40 bits per heavy atom. The molecule has 1 amide bonds.